The second-order valence-corrected chi connectivity index (χ2v) is 9.58. The zero-order chi connectivity index (χ0) is 26.8. The van der Waals surface area contributed by atoms with Crippen molar-refractivity contribution >= 4 is 23.3 Å². The summed E-state index contributed by atoms with van der Waals surface area (Å²) in [5, 5.41) is 19.8. The van der Waals surface area contributed by atoms with Crippen molar-refractivity contribution in [1.29, 1.82) is 0 Å². The molecule has 0 amide bonds. The Morgan fingerprint density at radius 2 is 1.55 bits per heavy atom. The van der Waals surface area contributed by atoms with Crippen molar-refractivity contribution in [2.45, 2.75) is 33.0 Å². The molecule has 4 aromatic rings. The Labute approximate surface area is 227 Å². The van der Waals surface area contributed by atoms with E-state index >= 15 is 0 Å². The van der Waals surface area contributed by atoms with Crippen molar-refractivity contribution < 1.29 is 19.7 Å². The van der Waals surface area contributed by atoms with Crippen LogP contribution < -0.4 is 9.47 Å². The third-order valence-corrected chi connectivity index (χ3v) is 7.45. The molecule has 6 nitrogen and oxygen atoms in total. The number of aliphatic hydroxyl groups excluding tert-OH is 2. The van der Waals surface area contributed by atoms with E-state index in [4.69, 9.17) is 21.1 Å². The van der Waals surface area contributed by atoms with Crippen molar-refractivity contribution in [3.05, 3.63) is 93.1 Å². The summed E-state index contributed by atoms with van der Waals surface area (Å²) in [5.41, 5.74) is 10.2. The molecule has 2 aromatic carbocycles. The topological polar surface area (TPSA) is 84.7 Å². The van der Waals surface area contributed by atoms with Gasteiger partial charge in [-0.05, 0) is 71.9 Å². The van der Waals surface area contributed by atoms with Gasteiger partial charge in [-0.25, -0.2) is 9.97 Å². The Balaban J connectivity index is 1.56. The van der Waals surface area contributed by atoms with E-state index in [9.17, 15) is 10.2 Å². The van der Waals surface area contributed by atoms with Gasteiger partial charge in [0.05, 0.1) is 43.8 Å². The first-order chi connectivity index (χ1) is 18.5. The summed E-state index contributed by atoms with van der Waals surface area (Å²) in [6.07, 6.45) is 3.86. The lowest BCUT2D eigenvalue weighted by Gasteiger charge is -2.15. The molecule has 0 spiro atoms. The number of methoxy groups -OCH3 is 2. The van der Waals surface area contributed by atoms with E-state index in [1.54, 1.807) is 14.2 Å². The first-order valence-corrected chi connectivity index (χ1v) is 12.8. The second-order valence-electron chi connectivity index (χ2n) is 9.20. The summed E-state index contributed by atoms with van der Waals surface area (Å²) < 4.78 is 10.8. The number of nitrogens with zero attached hydrogens (tertiary/aromatic N) is 2. The van der Waals surface area contributed by atoms with Gasteiger partial charge in [-0.2, -0.15) is 0 Å². The maximum Gasteiger partial charge on any atom is 0.219 e. The Kier molecular flexibility index (Phi) is 7.47. The van der Waals surface area contributed by atoms with Crippen molar-refractivity contribution in [3.8, 4) is 34.1 Å². The number of aromatic nitrogens is 2. The van der Waals surface area contributed by atoms with Crippen LogP contribution in [0.5, 0.6) is 11.8 Å². The summed E-state index contributed by atoms with van der Waals surface area (Å²) >= 11 is 7.04. The van der Waals surface area contributed by atoms with Crippen LogP contribution in [-0.2, 0) is 19.6 Å². The lowest BCUT2D eigenvalue weighted by atomic mass is 9.94. The maximum absolute atomic E-state index is 9.72. The van der Waals surface area contributed by atoms with Gasteiger partial charge >= 0.3 is 0 Å². The first-order valence-electron chi connectivity index (χ1n) is 12.4. The number of aryl methyl sites for hydroxylation is 1. The molecule has 0 saturated carbocycles. The van der Waals surface area contributed by atoms with Gasteiger partial charge in [-0.1, -0.05) is 48.0 Å². The fourth-order valence-electron chi connectivity index (χ4n) is 5.10. The van der Waals surface area contributed by atoms with E-state index in [0.717, 1.165) is 40.8 Å². The molecule has 2 N–H and O–H groups in total. The van der Waals surface area contributed by atoms with Gasteiger partial charge in [0.25, 0.3) is 0 Å². The summed E-state index contributed by atoms with van der Waals surface area (Å²) in [5.74, 6) is 0.835. The summed E-state index contributed by atoms with van der Waals surface area (Å²) in [6.45, 7) is 1.67. The van der Waals surface area contributed by atoms with E-state index < -0.39 is 0 Å². The Bertz CT molecular complexity index is 1550. The number of allylic oxidation sites excluding steroid dienone is 1. The Morgan fingerprint density at radius 3 is 2.26 bits per heavy atom. The minimum Gasteiger partial charge on any atom is -0.481 e. The number of fused-ring (bicyclic) bond motifs is 1. The van der Waals surface area contributed by atoms with Gasteiger partial charge in [0.1, 0.15) is 0 Å². The number of rotatable bonds is 7. The van der Waals surface area contributed by atoms with Gasteiger partial charge in [-0.15, -0.1) is 0 Å². The molecule has 0 bridgehead atoms. The summed E-state index contributed by atoms with van der Waals surface area (Å²) in [4.78, 5) is 9.20. The van der Waals surface area contributed by atoms with Crippen LogP contribution in [0.15, 0.2) is 54.6 Å². The monoisotopic (exact) mass is 528 g/mol. The van der Waals surface area contributed by atoms with Crippen LogP contribution in [0, 0.1) is 6.92 Å². The third kappa shape index (κ3) is 4.67. The van der Waals surface area contributed by atoms with Gasteiger partial charge in [0.15, 0.2) is 0 Å². The van der Waals surface area contributed by atoms with Gasteiger partial charge in [0.2, 0.25) is 11.8 Å². The number of ether oxygens (including phenoxy) is 2. The van der Waals surface area contributed by atoms with Crippen LogP contribution in [-0.4, -0.2) is 34.4 Å². The Hall–Kier alpha value is -3.71. The second kappa shape index (κ2) is 11.0. The fraction of sp³-hybridized carbons (Fsp3) is 0.226. The molecule has 0 aliphatic heterocycles. The SMILES string of the molecule is COc1nc(C=C2CCc3c2cccc3-c2cccc(-c3cc(C)c(CO)c(OC)n3)c2Cl)ccc1CO. The Morgan fingerprint density at radius 1 is 0.842 bits per heavy atom. The van der Waals surface area contributed by atoms with Gasteiger partial charge in [0, 0.05) is 22.3 Å². The average Bonchev–Trinajstić information content (AvgIpc) is 3.35. The fourth-order valence-corrected chi connectivity index (χ4v) is 5.42. The quantitative estimate of drug-likeness (QED) is 0.294. The smallest absolute Gasteiger partial charge is 0.219 e. The molecular weight excluding hydrogens is 500 g/mol. The molecule has 1 aliphatic rings. The minimum atomic E-state index is -0.143. The van der Waals surface area contributed by atoms with Crippen molar-refractivity contribution in [2.24, 2.45) is 0 Å². The van der Waals surface area contributed by atoms with Crippen LogP contribution in [0.4, 0.5) is 0 Å². The molecule has 38 heavy (non-hydrogen) atoms. The van der Waals surface area contributed by atoms with E-state index in [1.165, 1.54) is 16.7 Å². The molecule has 0 saturated heterocycles. The number of aliphatic hydroxyl groups is 2. The molecule has 2 aromatic heterocycles. The number of benzene rings is 2. The largest absolute Gasteiger partial charge is 0.481 e. The zero-order valence-electron chi connectivity index (χ0n) is 21.6. The molecule has 0 fully saturated rings. The molecule has 194 valence electrons. The normalized spacial score (nSPS) is 13.6. The predicted octanol–water partition coefficient (Wildman–Crippen LogP) is 6.26. The van der Waals surface area contributed by atoms with Crippen LogP contribution in [0.25, 0.3) is 34.0 Å². The molecule has 2 heterocycles. The molecule has 0 unspecified atom stereocenters. The zero-order valence-corrected chi connectivity index (χ0v) is 22.3. The highest BCUT2D eigenvalue weighted by Crippen LogP contribution is 2.43. The minimum absolute atomic E-state index is 0.119. The molecule has 0 radical (unpaired) electrons. The van der Waals surface area contributed by atoms with Crippen LogP contribution in [0.1, 0.15) is 39.9 Å². The number of halogens is 1. The molecule has 0 atom stereocenters. The van der Waals surface area contributed by atoms with E-state index in [0.29, 0.717) is 33.6 Å². The molecule has 1 aliphatic carbocycles. The molecule has 5 rings (SSSR count). The number of hydrogen-bond donors (Lipinski definition) is 2. The highest BCUT2D eigenvalue weighted by atomic mass is 35.5. The lowest BCUT2D eigenvalue weighted by Crippen LogP contribution is -2.00. The summed E-state index contributed by atoms with van der Waals surface area (Å²) in [7, 11) is 3.11. The van der Waals surface area contributed by atoms with E-state index in [2.05, 4.69) is 34.2 Å². The lowest BCUT2D eigenvalue weighted by molar-refractivity contribution is 0.270. The van der Waals surface area contributed by atoms with Gasteiger partial charge < -0.3 is 19.7 Å². The summed E-state index contributed by atoms with van der Waals surface area (Å²) in [6, 6.07) is 18.0. The van der Waals surface area contributed by atoms with Crippen LogP contribution >= 0.6 is 11.6 Å². The maximum atomic E-state index is 9.72. The number of hydrogen-bond acceptors (Lipinski definition) is 6. The van der Waals surface area contributed by atoms with Crippen LogP contribution in [0.3, 0.4) is 0 Å². The third-order valence-electron chi connectivity index (χ3n) is 7.04. The van der Waals surface area contributed by atoms with Crippen LogP contribution in [0.2, 0.25) is 5.02 Å². The standard InChI is InChI=1S/C31H29ClN2O4/c1-18-14-28(34-31(38-3)27(18)17-36)26-9-5-8-25(29(26)32)23-7-4-6-22-19(11-13-24(22)23)15-21-12-10-20(16-35)30(33-21)37-2/h4-10,12,14-15,35-36H,11,13,16-17H2,1-3H3. The van der Waals surface area contributed by atoms with Crippen molar-refractivity contribution in [1.82, 2.24) is 9.97 Å². The first kappa shape index (κ1) is 25.9. The van der Waals surface area contributed by atoms with Crippen molar-refractivity contribution in [2.75, 3.05) is 14.2 Å². The highest BCUT2D eigenvalue weighted by Gasteiger charge is 2.23. The highest BCUT2D eigenvalue weighted by molar-refractivity contribution is 6.36. The predicted molar refractivity (Wildman–Crippen MR) is 150 cm³/mol. The molecule has 7 heteroatoms. The van der Waals surface area contributed by atoms with E-state index in [-0.39, 0.29) is 13.2 Å². The number of pyridine rings is 2. The van der Waals surface area contributed by atoms with Gasteiger partial charge in [-0.3, -0.25) is 0 Å². The van der Waals surface area contributed by atoms with Crippen molar-refractivity contribution in [3.63, 3.8) is 0 Å². The average molecular weight is 529 g/mol. The molecular formula is C31H29ClN2O4. The van der Waals surface area contributed by atoms with E-state index in [1.807, 2.05) is 43.3 Å².